The number of hydrogen-bond donors (Lipinski definition) is 9. The van der Waals surface area contributed by atoms with Crippen LogP contribution in [0.3, 0.4) is 0 Å². The van der Waals surface area contributed by atoms with Gasteiger partial charge in [0.1, 0.15) is 42.7 Å². The van der Waals surface area contributed by atoms with Gasteiger partial charge >= 0.3 is 21.3 Å². The molecule has 0 saturated carbocycles. The van der Waals surface area contributed by atoms with Gasteiger partial charge < -0.3 is 49.9 Å². The van der Waals surface area contributed by atoms with Crippen LogP contribution in [0.1, 0.15) is 6.23 Å². The number of rotatable bonds is 9. The number of aliphatic hydroxyl groups is 6. The Morgan fingerprint density at radius 2 is 1.56 bits per heavy atom. The van der Waals surface area contributed by atoms with Crippen molar-refractivity contribution in [3.63, 3.8) is 0 Å². The average molecular weight is 566 g/mol. The van der Waals surface area contributed by atoms with Gasteiger partial charge in [0.25, 0.3) is 5.56 Å². The van der Waals surface area contributed by atoms with Crippen molar-refractivity contribution >= 4 is 15.6 Å². The van der Waals surface area contributed by atoms with Crippen molar-refractivity contribution in [2.24, 2.45) is 0 Å². The second-order valence-corrected chi connectivity index (χ2v) is 10.7. The van der Waals surface area contributed by atoms with Gasteiger partial charge in [-0.05, 0) is 0 Å². The molecule has 2 aliphatic heterocycles. The van der Waals surface area contributed by atoms with Gasteiger partial charge in [0.05, 0.1) is 13.2 Å². The summed E-state index contributed by atoms with van der Waals surface area (Å²) in [5.74, 6) is 0. The van der Waals surface area contributed by atoms with E-state index in [1.807, 2.05) is 4.98 Å². The van der Waals surface area contributed by atoms with E-state index in [-0.39, 0.29) is 0 Å². The lowest BCUT2D eigenvalue weighted by atomic mass is 10.00. The zero-order valence-electron chi connectivity index (χ0n) is 17.9. The number of hydrogen-bond acceptors (Lipinski definition) is 15. The fourth-order valence-corrected chi connectivity index (χ4v) is 5.51. The molecule has 3 rings (SSSR count). The van der Waals surface area contributed by atoms with Crippen LogP contribution in [0.5, 0.6) is 0 Å². The summed E-state index contributed by atoms with van der Waals surface area (Å²) in [5.41, 5.74) is -1.75. The number of H-pyrrole nitrogens is 1. The Balaban J connectivity index is 1.61. The standard InChI is InChI=1S/C15H24N2O17P2/c18-3-5-8(20)10(22)12(24)14(32-5)33-36(28,29)34-35(26,27)30-4-6-9(21)11(23)13(31-6)17-2-1-7(19)16-15(17)25/h1-2,5-6,8-14,18,20-24H,3-4H2,(H,26,27)(H,28,29)(H,16,19,25)/t5-,6-,8-,9-,10+,11-,12-,13-,14+/m1/s1. The van der Waals surface area contributed by atoms with Crippen LogP contribution >= 0.6 is 15.6 Å². The minimum atomic E-state index is -5.59. The molecular weight excluding hydrogens is 542 g/mol. The van der Waals surface area contributed by atoms with E-state index in [1.54, 1.807) is 0 Å². The third kappa shape index (κ3) is 6.54. The lowest BCUT2D eigenvalue weighted by molar-refractivity contribution is -0.280. The van der Waals surface area contributed by atoms with Crippen LogP contribution in [0.4, 0.5) is 0 Å². The molecule has 0 aliphatic carbocycles. The Bertz CT molecular complexity index is 1120. The summed E-state index contributed by atoms with van der Waals surface area (Å²) in [6.07, 6.45) is -15.4. The van der Waals surface area contributed by atoms with Gasteiger partial charge in [0.2, 0.25) is 0 Å². The van der Waals surface area contributed by atoms with Gasteiger partial charge in [-0.1, -0.05) is 0 Å². The van der Waals surface area contributed by atoms with Crippen LogP contribution in [-0.2, 0) is 32.0 Å². The Kier molecular flexibility index (Phi) is 9.05. The van der Waals surface area contributed by atoms with Crippen LogP contribution in [0, 0.1) is 0 Å². The van der Waals surface area contributed by atoms with Crippen molar-refractivity contribution in [3.8, 4) is 0 Å². The molecule has 0 bridgehead atoms. The second-order valence-electron chi connectivity index (χ2n) is 7.68. The number of aromatic nitrogens is 2. The minimum absolute atomic E-state index is 0.723. The molecule has 3 heterocycles. The smallest absolute Gasteiger partial charge is 0.394 e. The number of nitrogens with one attached hydrogen (secondary N) is 1. The molecule has 0 spiro atoms. The predicted octanol–water partition coefficient (Wildman–Crippen LogP) is -4.79. The van der Waals surface area contributed by atoms with Crippen LogP contribution in [0.2, 0.25) is 0 Å². The molecule has 2 unspecified atom stereocenters. The first-order valence-electron chi connectivity index (χ1n) is 9.99. The number of aliphatic hydroxyl groups excluding tert-OH is 6. The van der Waals surface area contributed by atoms with E-state index in [0.717, 1.165) is 16.8 Å². The van der Waals surface area contributed by atoms with Gasteiger partial charge in [-0.3, -0.25) is 23.4 Å². The minimum Gasteiger partial charge on any atom is -0.394 e. The van der Waals surface area contributed by atoms with E-state index in [9.17, 15) is 54.0 Å². The first kappa shape index (κ1) is 29.2. The highest BCUT2D eigenvalue weighted by Gasteiger charge is 2.49. The topological polar surface area (TPSA) is 297 Å². The van der Waals surface area contributed by atoms with E-state index in [1.165, 1.54) is 0 Å². The Hall–Kier alpha value is -1.38. The van der Waals surface area contributed by atoms with Gasteiger partial charge in [-0.2, -0.15) is 4.31 Å². The monoisotopic (exact) mass is 566 g/mol. The predicted molar refractivity (Wildman–Crippen MR) is 109 cm³/mol. The molecular formula is C15H24N2O17P2. The quantitative estimate of drug-likeness (QED) is 0.127. The zero-order chi connectivity index (χ0) is 27.0. The van der Waals surface area contributed by atoms with E-state index in [2.05, 4.69) is 13.4 Å². The molecule has 206 valence electrons. The third-order valence-corrected chi connectivity index (χ3v) is 7.76. The first-order chi connectivity index (χ1) is 16.7. The molecule has 0 radical (unpaired) electrons. The van der Waals surface area contributed by atoms with Crippen LogP contribution in [-0.4, -0.2) is 112 Å². The Morgan fingerprint density at radius 3 is 2.17 bits per heavy atom. The summed E-state index contributed by atoms with van der Waals surface area (Å²) < 4.78 is 48.1. The summed E-state index contributed by atoms with van der Waals surface area (Å²) in [4.78, 5) is 44.5. The molecule has 2 aliphatic rings. The van der Waals surface area contributed by atoms with E-state index in [4.69, 9.17) is 14.6 Å². The third-order valence-electron chi connectivity index (χ3n) is 5.16. The van der Waals surface area contributed by atoms with E-state index in [0.29, 0.717) is 0 Å². The summed E-state index contributed by atoms with van der Waals surface area (Å²) >= 11 is 0. The van der Waals surface area contributed by atoms with Crippen molar-refractivity contribution in [2.45, 2.75) is 55.2 Å². The highest BCUT2D eigenvalue weighted by atomic mass is 31.3. The molecule has 19 nitrogen and oxygen atoms in total. The van der Waals surface area contributed by atoms with Gasteiger partial charge in [0.15, 0.2) is 12.5 Å². The average Bonchev–Trinajstić information content (AvgIpc) is 3.06. The van der Waals surface area contributed by atoms with Gasteiger partial charge in [0, 0.05) is 12.3 Å². The molecule has 1 aromatic heterocycles. The van der Waals surface area contributed by atoms with Crippen LogP contribution in [0.25, 0.3) is 0 Å². The number of nitrogens with zero attached hydrogens (tertiary/aromatic N) is 1. The van der Waals surface area contributed by atoms with Crippen molar-refractivity contribution in [2.75, 3.05) is 13.2 Å². The molecule has 11 atom stereocenters. The van der Waals surface area contributed by atoms with E-state index >= 15 is 0 Å². The lowest BCUT2D eigenvalue weighted by Crippen LogP contribution is -2.58. The maximum absolute atomic E-state index is 12.2. The molecule has 2 fully saturated rings. The van der Waals surface area contributed by atoms with Gasteiger partial charge in [-0.15, -0.1) is 0 Å². The summed E-state index contributed by atoms with van der Waals surface area (Å²) in [7, 11) is -11.1. The van der Waals surface area contributed by atoms with Crippen molar-refractivity contribution in [3.05, 3.63) is 33.1 Å². The maximum atomic E-state index is 12.2. The number of phosphoric ester groups is 2. The SMILES string of the molecule is O=c1ccn([C@@H]2O[C@H](COP(=O)(O)OP(=O)(O)O[C@@H]3O[C@H](CO)[C@@H](O)[C@H](O)[C@H]3O)[C@@H](O)[C@H]2O)c(=O)[nH]1. The fourth-order valence-electron chi connectivity index (χ4n) is 3.35. The molecule has 0 aromatic carbocycles. The largest absolute Gasteiger partial charge is 0.483 e. The van der Waals surface area contributed by atoms with Crippen LogP contribution in [0.15, 0.2) is 21.9 Å². The maximum Gasteiger partial charge on any atom is 0.483 e. The summed E-state index contributed by atoms with van der Waals surface area (Å²) in [6.45, 7) is -1.93. The fraction of sp³-hybridized carbons (Fsp3) is 0.733. The van der Waals surface area contributed by atoms with Crippen molar-refractivity contribution < 1.29 is 72.4 Å². The molecule has 9 N–H and O–H groups in total. The highest BCUT2D eigenvalue weighted by Crippen LogP contribution is 2.61. The zero-order valence-corrected chi connectivity index (χ0v) is 19.6. The number of ether oxygens (including phenoxy) is 2. The highest BCUT2D eigenvalue weighted by molar-refractivity contribution is 7.61. The molecule has 21 heteroatoms. The first-order valence-corrected chi connectivity index (χ1v) is 13.0. The summed E-state index contributed by atoms with van der Waals surface area (Å²) in [6, 6.07) is 0.928. The van der Waals surface area contributed by atoms with Crippen molar-refractivity contribution in [1.29, 1.82) is 0 Å². The van der Waals surface area contributed by atoms with Gasteiger partial charge in [-0.25, -0.2) is 13.9 Å². The van der Waals surface area contributed by atoms with Crippen molar-refractivity contribution in [1.82, 2.24) is 9.55 Å². The normalized spacial score (nSPS) is 38.4. The number of phosphoric acid groups is 2. The second kappa shape index (κ2) is 11.2. The van der Waals surface area contributed by atoms with Crippen LogP contribution < -0.4 is 11.2 Å². The van der Waals surface area contributed by atoms with E-state index < -0.39 is 95.4 Å². The Morgan fingerprint density at radius 1 is 0.917 bits per heavy atom. The lowest BCUT2D eigenvalue weighted by Gasteiger charge is -2.39. The molecule has 2 saturated heterocycles. The molecule has 0 amide bonds. The molecule has 36 heavy (non-hydrogen) atoms. The molecule has 1 aromatic rings. The number of aromatic amines is 1. The Labute approximate surface area is 199 Å². The summed E-state index contributed by atoms with van der Waals surface area (Å²) in [5, 5.41) is 58.6.